The monoisotopic (exact) mass is 277 g/mol. The summed E-state index contributed by atoms with van der Waals surface area (Å²) in [5.74, 6) is 0. The second kappa shape index (κ2) is 6.44. The minimum Gasteiger partial charge on any atom is -0.310 e. The average molecular weight is 279 g/mol. The predicted molar refractivity (Wildman–Crippen MR) is 68.1 cm³/mol. The molecule has 80 valence electrons. The van der Waals surface area contributed by atoms with Crippen molar-refractivity contribution in [1.82, 2.24) is 5.32 Å². The second-order valence-electron chi connectivity index (χ2n) is 3.62. The van der Waals surface area contributed by atoms with Crippen molar-refractivity contribution in [1.29, 1.82) is 0 Å². The maximum atomic E-state index is 3.53. The van der Waals surface area contributed by atoms with Gasteiger partial charge in [0, 0.05) is 17.1 Å². The fraction of sp³-hybridized carbons (Fsp3) is 0.455. The van der Waals surface area contributed by atoms with Gasteiger partial charge >= 0.3 is 0 Å². The van der Waals surface area contributed by atoms with E-state index in [2.05, 4.69) is 60.2 Å². The Morgan fingerprint density at radius 3 is 2.50 bits per heavy atom. The Bertz CT molecular complexity index is 287. The van der Waals surface area contributed by atoms with Gasteiger partial charge in [0.05, 0.1) is 0 Å². The fourth-order valence-electron chi connectivity index (χ4n) is 1.07. The molecule has 1 aromatic rings. The lowest BCUT2D eigenvalue weighted by atomic mass is 10.1. The highest BCUT2D eigenvalue weighted by Gasteiger charge is 1.98. The highest BCUT2D eigenvalue weighted by molar-refractivity contribution is 9.10. The van der Waals surface area contributed by atoms with E-state index in [9.17, 15) is 0 Å². The zero-order valence-electron chi connectivity index (χ0n) is 8.80. The molecular formula is C11H17BrClN. The van der Waals surface area contributed by atoms with Crippen molar-refractivity contribution in [2.24, 2.45) is 0 Å². The van der Waals surface area contributed by atoms with Crippen molar-refractivity contribution >= 4 is 28.3 Å². The zero-order chi connectivity index (χ0) is 9.84. The van der Waals surface area contributed by atoms with Crippen LogP contribution in [0.3, 0.4) is 0 Å². The smallest absolute Gasteiger partial charge is 0.0208 e. The summed E-state index contributed by atoms with van der Waals surface area (Å²) in [4.78, 5) is 0. The van der Waals surface area contributed by atoms with Gasteiger partial charge in [-0.1, -0.05) is 41.9 Å². The molecule has 0 aliphatic heterocycles. The summed E-state index contributed by atoms with van der Waals surface area (Å²) in [6, 6.07) is 7.02. The molecule has 1 nitrogen and oxygen atoms in total. The Kier molecular flexibility index (Phi) is 6.41. The van der Waals surface area contributed by atoms with E-state index in [1.807, 2.05) is 0 Å². The van der Waals surface area contributed by atoms with E-state index in [-0.39, 0.29) is 12.4 Å². The zero-order valence-corrected chi connectivity index (χ0v) is 11.2. The normalized spacial score (nSPS) is 10.1. The first-order chi connectivity index (χ1) is 6.09. The van der Waals surface area contributed by atoms with Crippen LogP contribution in [0.5, 0.6) is 0 Å². The van der Waals surface area contributed by atoms with Crippen LogP contribution in [0.25, 0.3) is 0 Å². The fourth-order valence-corrected chi connectivity index (χ4v) is 1.49. The number of halogens is 2. The topological polar surface area (TPSA) is 12.0 Å². The summed E-state index contributed by atoms with van der Waals surface area (Å²) in [7, 11) is 0. The van der Waals surface area contributed by atoms with Gasteiger partial charge in [-0.25, -0.2) is 0 Å². The Morgan fingerprint density at radius 2 is 2.00 bits per heavy atom. The lowest BCUT2D eigenvalue weighted by Gasteiger charge is -2.08. The molecule has 1 aromatic carbocycles. The number of rotatable bonds is 3. The van der Waals surface area contributed by atoms with Gasteiger partial charge in [0.25, 0.3) is 0 Å². The SMILES string of the molecule is Cc1ccc(CNC(C)C)cc1Br.Cl. The molecule has 0 aromatic heterocycles. The quantitative estimate of drug-likeness (QED) is 0.889. The summed E-state index contributed by atoms with van der Waals surface area (Å²) < 4.78 is 1.19. The molecule has 3 heteroatoms. The summed E-state index contributed by atoms with van der Waals surface area (Å²) >= 11 is 3.53. The number of benzene rings is 1. The van der Waals surface area contributed by atoms with Crippen molar-refractivity contribution in [3.63, 3.8) is 0 Å². The predicted octanol–water partition coefficient (Wildman–Crippen LogP) is 3.68. The van der Waals surface area contributed by atoms with Gasteiger partial charge in [-0.05, 0) is 24.1 Å². The third kappa shape index (κ3) is 4.45. The molecule has 0 amide bonds. The van der Waals surface area contributed by atoms with Crippen LogP contribution >= 0.6 is 28.3 Å². The molecule has 0 aliphatic rings. The molecule has 0 heterocycles. The molecule has 0 bridgehead atoms. The third-order valence-corrected chi connectivity index (χ3v) is 2.81. The van der Waals surface area contributed by atoms with Crippen LogP contribution in [0.1, 0.15) is 25.0 Å². The first-order valence-corrected chi connectivity index (χ1v) is 5.37. The highest BCUT2D eigenvalue weighted by Crippen LogP contribution is 2.17. The number of hydrogen-bond donors (Lipinski definition) is 1. The summed E-state index contributed by atoms with van der Waals surface area (Å²) in [6.07, 6.45) is 0. The standard InChI is InChI=1S/C11H16BrN.ClH/c1-8(2)13-7-10-5-4-9(3)11(12)6-10;/h4-6,8,13H,7H2,1-3H3;1H. The molecule has 0 spiro atoms. The van der Waals surface area contributed by atoms with Crippen molar-refractivity contribution in [3.05, 3.63) is 33.8 Å². The third-order valence-electron chi connectivity index (χ3n) is 1.95. The summed E-state index contributed by atoms with van der Waals surface area (Å²) in [5, 5.41) is 3.39. The van der Waals surface area contributed by atoms with Crippen molar-refractivity contribution < 1.29 is 0 Å². The maximum absolute atomic E-state index is 3.53. The molecule has 0 unspecified atom stereocenters. The van der Waals surface area contributed by atoms with E-state index in [0.29, 0.717) is 6.04 Å². The second-order valence-corrected chi connectivity index (χ2v) is 4.47. The number of hydrogen-bond acceptors (Lipinski definition) is 1. The van der Waals surface area contributed by atoms with Crippen molar-refractivity contribution in [2.45, 2.75) is 33.4 Å². The molecular weight excluding hydrogens is 261 g/mol. The van der Waals surface area contributed by atoms with Crippen LogP contribution in [-0.4, -0.2) is 6.04 Å². The molecule has 1 rings (SSSR count). The Hall–Kier alpha value is -0.0500. The van der Waals surface area contributed by atoms with E-state index >= 15 is 0 Å². The van der Waals surface area contributed by atoms with Crippen LogP contribution < -0.4 is 5.32 Å². The first kappa shape index (κ1) is 13.9. The lowest BCUT2D eigenvalue weighted by Crippen LogP contribution is -2.21. The van der Waals surface area contributed by atoms with Gasteiger partial charge in [0.1, 0.15) is 0 Å². The van der Waals surface area contributed by atoms with Crippen molar-refractivity contribution in [3.8, 4) is 0 Å². The summed E-state index contributed by atoms with van der Waals surface area (Å²) in [6.45, 7) is 7.35. The number of nitrogens with one attached hydrogen (secondary N) is 1. The van der Waals surface area contributed by atoms with Crippen LogP contribution in [0.15, 0.2) is 22.7 Å². The molecule has 0 aliphatic carbocycles. The van der Waals surface area contributed by atoms with E-state index in [1.54, 1.807) is 0 Å². The van der Waals surface area contributed by atoms with E-state index < -0.39 is 0 Å². The van der Waals surface area contributed by atoms with Gasteiger partial charge in [-0.3, -0.25) is 0 Å². The minimum atomic E-state index is 0. The Balaban J connectivity index is 0.00000169. The number of aryl methyl sites for hydroxylation is 1. The average Bonchev–Trinajstić information content (AvgIpc) is 2.07. The largest absolute Gasteiger partial charge is 0.310 e. The molecule has 0 radical (unpaired) electrons. The maximum Gasteiger partial charge on any atom is 0.0208 e. The minimum absolute atomic E-state index is 0. The van der Waals surface area contributed by atoms with Gasteiger partial charge in [0.2, 0.25) is 0 Å². The molecule has 0 saturated heterocycles. The van der Waals surface area contributed by atoms with Gasteiger partial charge in [0.15, 0.2) is 0 Å². The van der Waals surface area contributed by atoms with Crippen LogP contribution in [-0.2, 0) is 6.54 Å². The highest BCUT2D eigenvalue weighted by atomic mass is 79.9. The van der Waals surface area contributed by atoms with Crippen LogP contribution in [0.2, 0.25) is 0 Å². The van der Waals surface area contributed by atoms with E-state index in [4.69, 9.17) is 0 Å². The van der Waals surface area contributed by atoms with Crippen molar-refractivity contribution in [2.75, 3.05) is 0 Å². The van der Waals surface area contributed by atoms with Crippen LogP contribution in [0, 0.1) is 6.92 Å². The molecule has 0 atom stereocenters. The Morgan fingerprint density at radius 1 is 1.36 bits per heavy atom. The lowest BCUT2D eigenvalue weighted by molar-refractivity contribution is 0.588. The van der Waals surface area contributed by atoms with E-state index in [0.717, 1.165) is 6.54 Å². The summed E-state index contributed by atoms with van der Waals surface area (Å²) in [5.41, 5.74) is 2.61. The first-order valence-electron chi connectivity index (χ1n) is 4.58. The molecule has 0 fully saturated rings. The van der Waals surface area contributed by atoms with Gasteiger partial charge < -0.3 is 5.32 Å². The van der Waals surface area contributed by atoms with Crippen LogP contribution in [0.4, 0.5) is 0 Å². The Labute approximate surface area is 101 Å². The van der Waals surface area contributed by atoms with Gasteiger partial charge in [-0.15, -0.1) is 12.4 Å². The molecule has 1 N–H and O–H groups in total. The molecule has 0 saturated carbocycles. The van der Waals surface area contributed by atoms with Gasteiger partial charge in [-0.2, -0.15) is 0 Å². The van der Waals surface area contributed by atoms with E-state index in [1.165, 1.54) is 15.6 Å². The molecule has 14 heavy (non-hydrogen) atoms.